The van der Waals surface area contributed by atoms with Crippen LogP contribution < -0.4 is 10.1 Å². The Hall–Kier alpha value is -2.34. The predicted octanol–water partition coefficient (Wildman–Crippen LogP) is 1.39. The molecule has 1 aromatic carbocycles. The Morgan fingerprint density at radius 3 is 2.81 bits per heavy atom. The zero-order valence-corrected chi connectivity index (χ0v) is 11.6. The Morgan fingerprint density at radius 1 is 1.38 bits per heavy atom. The van der Waals surface area contributed by atoms with Crippen LogP contribution in [-0.4, -0.2) is 28.7 Å². The molecule has 0 spiro atoms. The molecule has 0 saturated carbocycles. The first kappa shape index (κ1) is 15.1. The van der Waals surface area contributed by atoms with Crippen molar-refractivity contribution in [2.75, 3.05) is 13.2 Å². The van der Waals surface area contributed by atoms with Crippen LogP contribution in [0.4, 0.5) is 4.39 Å². The molecule has 0 bridgehead atoms. The van der Waals surface area contributed by atoms with E-state index in [1.54, 1.807) is 22.8 Å². The molecule has 1 amide bonds. The van der Waals surface area contributed by atoms with Crippen molar-refractivity contribution in [1.29, 1.82) is 0 Å². The van der Waals surface area contributed by atoms with Crippen molar-refractivity contribution in [3.8, 4) is 5.75 Å². The van der Waals surface area contributed by atoms with Gasteiger partial charge >= 0.3 is 0 Å². The summed E-state index contributed by atoms with van der Waals surface area (Å²) in [6, 6.07) is 9.44. The van der Waals surface area contributed by atoms with Crippen molar-refractivity contribution in [2.24, 2.45) is 7.05 Å². The first-order valence-electron chi connectivity index (χ1n) is 6.51. The van der Waals surface area contributed by atoms with E-state index in [4.69, 9.17) is 4.74 Å². The van der Waals surface area contributed by atoms with Crippen LogP contribution in [0.15, 0.2) is 42.6 Å². The van der Waals surface area contributed by atoms with E-state index in [2.05, 4.69) is 5.32 Å². The Kier molecular flexibility index (Phi) is 4.94. The summed E-state index contributed by atoms with van der Waals surface area (Å²) in [4.78, 5) is 11.6. The highest BCUT2D eigenvalue weighted by molar-refractivity contribution is 5.77. The lowest BCUT2D eigenvalue weighted by Crippen LogP contribution is -2.33. The quantitative estimate of drug-likeness (QED) is 0.846. The molecule has 0 aliphatic rings. The number of aliphatic hydroxyl groups is 1. The lowest BCUT2D eigenvalue weighted by molar-refractivity contribution is -0.123. The van der Waals surface area contributed by atoms with E-state index in [0.29, 0.717) is 5.69 Å². The smallest absolute Gasteiger partial charge is 0.258 e. The van der Waals surface area contributed by atoms with E-state index in [1.807, 2.05) is 19.3 Å². The maximum Gasteiger partial charge on any atom is 0.258 e. The molecule has 0 saturated heterocycles. The van der Waals surface area contributed by atoms with E-state index in [1.165, 1.54) is 12.1 Å². The number of nitrogens with zero attached hydrogens (tertiary/aromatic N) is 1. The van der Waals surface area contributed by atoms with Gasteiger partial charge in [0, 0.05) is 25.5 Å². The van der Waals surface area contributed by atoms with Gasteiger partial charge < -0.3 is 19.7 Å². The van der Waals surface area contributed by atoms with Crippen LogP contribution in [0.25, 0.3) is 0 Å². The van der Waals surface area contributed by atoms with E-state index in [0.717, 1.165) is 0 Å². The molecule has 1 heterocycles. The molecule has 21 heavy (non-hydrogen) atoms. The second-order valence-electron chi connectivity index (χ2n) is 4.58. The van der Waals surface area contributed by atoms with Crippen LogP contribution in [0.2, 0.25) is 0 Å². The zero-order chi connectivity index (χ0) is 15.2. The lowest BCUT2D eigenvalue weighted by Gasteiger charge is -2.13. The minimum absolute atomic E-state index is 0.0237. The molecule has 0 fully saturated rings. The third-order valence-electron chi connectivity index (χ3n) is 3.01. The van der Waals surface area contributed by atoms with Gasteiger partial charge in [0.15, 0.2) is 18.2 Å². The summed E-state index contributed by atoms with van der Waals surface area (Å²) < 4.78 is 20.1. The van der Waals surface area contributed by atoms with Gasteiger partial charge in [-0.2, -0.15) is 0 Å². The molecule has 0 aliphatic carbocycles. The summed E-state index contributed by atoms with van der Waals surface area (Å²) in [5.41, 5.74) is 0.699. The van der Waals surface area contributed by atoms with Gasteiger partial charge in [-0.25, -0.2) is 4.39 Å². The van der Waals surface area contributed by atoms with Crippen molar-refractivity contribution in [3.05, 3.63) is 54.1 Å². The van der Waals surface area contributed by atoms with Gasteiger partial charge in [0.25, 0.3) is 5.91 Å². The van der Waals surface area contributed by atoms with Gasteiger partial charge in [0.1, 0.15) is 6.10 Å². The number of nitrogens with one attached hydrogen (secondary N) is 1. The molecule has 0 aliphatic heterocycles. The highest BCUT2D eigenvalue weighted by Gasteiger charge is 2.12. The third kappa shape index (κ3) is 4.06. The molecule has 5 nitrogen and oxygen atoms in total. The first-order valence-corrected chi connectivity index (χ1v) is 6.51. The lowest BCUT2D eigenvalue weighted by atomic mass is 10.2. The first-order chi connectivity index (χ1) is 10.1. The Balaban J connectivity index is 1.78. The van der Waals surface area contributed by atoms with Gasteiger partial charge in [0.2, 0.25) is 0 Å². The van der Waals surface area contributed by atoms with Crippen LogP contribution in [0, 0.1) is 5.82 Å². The van der Waals surface area contributed by atoms with E-state index < -0.39 is 17.8 Å². The average molecular weight is 292 g/mol. The molecule has 0 radical (unpaired) electrons. The monoisotopic (exact) mass is 292 g/mol. The van der Waals surface area contributed by atoms with Gasteiger partial charge in [-0.15, -0.1) is 0 Å². The number of aromatic nitrogens is 1. The van der Waals surface area contributed by atoms with Crippen LogP contribution in [-0.2, 0) is 11.8 Å². The fourth-order valence-corrected chi connectivity index (χ4v) is 1.89. The number of ether oxygens (including phenoxy) is 1. The Morgan fingerprint density at radius 2 is 2.14 bits per heavy atom. The number of hydrogen-bond acceptors (Lipinski definition) is 3. The summed E-state index contributed by atoms with van der Waals surface area (Å²) >= 11 is 0. The number of carbonyl (C=O) groups excluding carboxylic acids is 1. The van der Waals surface area contributed by atoms with Gasteiger partial charge in [-0.1, -0.05) is 12.1 Å². The van der Waals surface area contributed by atoms with Crippen LogP contribution in [0.3, 0.4) is 0 Å². The fraction of sp³-hybridized carbons (Fsp3) is 0.267. The SMILES string of the molecule is Cn1cccc1[C@@H](O)CNC(=O)COc1ccccc1F. The van der Waals surface area contributed by atoms with Crippen molar-refractivity contribution >= 4 is 5.91 Å². The molecule has 1 atom stereocenters. The predicted molar refractivity (Wildman–Crippen MR) is 75.3 cm³/mol. The minimum Gasteiger partial charge on any atom is -0.481 e. The number of amides is 1. The number of para-hydroxylation sites is 1. The van der Waals surface area contributed by atoms with E-state index in [-0.39, 0.29) is 18.9 Å². The molecule has 112 valence electrons. The molecule has 2 aromatic rings. The van der Waals surface area contributed by atoms with Crippen molar-refractivity contribution < 1.29 is 19.0 Å². The Bertz CT molecular complexity index is 612. The number of carbonyl (C=O) groups is 1. The topological polar surface area (TPSA) is 63.5 Å². The largest absolute Gasteiger partial charge is 0.481 e. The summed E-state index contributed by atoms with van der Waals surface area (Å²) in [6.07, 6.45) is 1.00. The van der Waals surface area contributed by atoms with Crippen LogP contribution in [0.1, 0.15) is 11.8 Å². The summed E-state index contributed by atoms with van der Waals surface area (Å²) in [5, 5.41) is 12.5. The number of aliphatic hydroxyl groups excluding tert-OH is 1. The number of rotatable bonds is 6. The molecule has 6 heteroatoms. The molecule has 2 rings (SSSR count). The van der Waals surface area contributed by atoms with Gasteiger partial charge in [-0.05, 0) is 24.3 Å². The zero-order valence-electron chi connectivity index (χ0n) is 11.6. The molecule has 1 aromatic heterocycles. The highest BCUT2D eigenvalue weighted by atomic mass is 19.1. The third-order valence-corrected chi connectivity index (χ3v) is 3.01. The van der Waals surface area contributed by atoms with E-state index >= 15 is 0 Å². The van der Waals surface area contributed by atoms with Crippen molar-refractivity contribution in [3.63, 3.8) is 0 Å². The highest BCUT2D eigenvalue weighted by Crippen LogP contribution is 2.15. The van der Waals surface area contributed by atoms with Crippen LogP contribution in [0.5, 0.6) is 5.75 Å². The van der Waals surface area contributed by atoms with E-state index in [9.17, 15) is 14.3 Å². The molecular formula is C15H17FN2O3. The second kappa shape index (κ2) is 6.90. The fourth-order valence-electron chi connectivity index (χ4n) is 1.89. The second-order valence-corrected chi connectivity index (χ2v) is 4.58. The molecule has 0 unspecified atom stereocenters. The average Bonchev–Trinajstić information content (AvgIpc) is 2.90. The van der Waals surface area contributed by atoms with Gasteiger partial charge in [-0.3, -0.25) is 4.79 Å². The summed E-state index contributed by atoms with van der Waals surface area (Å²) in [5.74, 6) is -0.920. The van der Waals surface area contributed by atoms with Crippen LogP contribution >= 0.6 is 0 Å². The maximum atomic E-state index is 13.3. The van der Waals surface area contributed by atoms with Crippen molar-refractivity contribution in [1.82, 2.24) is 9.88 Å². The summed E-state index contributed by atoms with van der Waals surface area (Å²) in [6.45, 7) is -0.238. The molecule has 2 N–H and O–H groups in total. The minimum atomic E-state index is -0.803. The summed E-state index contributed by atoms with van der Waals surface area (Å²) in [7, 11) is 1.81. The number of hydrogen-bond donors (Lipinski definition) is 2. The molecular weight excluding hydrogens is 275 g/mol. The van der Waals surface area contributed by atoms with Crippen molar-refractivity contribution in [2.45, 2.75) is 6.10 Å². The number of halogens is 1. The maximum absolute atomic E-state index is 13.3. The number of benzene rings is 1. The number of aryl methyl sites for hydroxylation is 1. The van der Waals surface area contributed by atoms with Gasteiger partial charge in [0.05, 0.1) is 0 Å². The Labute approximate surface area is 122 Å². The standard InChI is InChI=1S/C15H17FN2O3/c1-18-8-4-6-12(18)13(19)9-17-15(20)10-21-14-7-3-2-5-11(14)16/h2-8,13,19H,9-10H2,1H3,(H,17,20)/t13-/m0/s1. The normalized spacial score (nSPS) is 12.0.